The molecule has 0 bridgehead atoms. The minimum Gasteiger partial charge on any atom is -0.460 e. The van der Waals surface area contributed by atoms with Crippen molar-refractivity contribution in [2.45, 2.75) is 38.8 Å². The molecule has 0 unspecified atom stereocenters. The van der Waals surface area contributed by atoms with Crippen molar-refractivity contribution in [2.75, 3.05) is 26.2 Å². The third-order valence-corrected chi connectivity index (χ3v) is 5.22. The van der Waals surface area contributed by atoms with Crippen LogP contribution in [0, 0.1) is 0 Å². The number of carbonyl (C=O) groups is 1. The quantitative estimate of drug-likeness (QED) is 0.723. The van der Waals surface area contributed by atoms with Crippen LogP contribution in [0.5, 0.6) is 0 Å². The maximum absolute atomic E-state index is 11.8. The molecule has 1 fully saturated rings. The number of nitrogens with one attached hydrogen (secondary N) is 2. The van der Waals surface area contributed by atoms with E-state index in [9.17, 15) is 4.79 Å². The molecule has 3 rings (SSSR count). The van der Waals surface area contributed by atoms with E-state index in [2.05, 4.69) is 22.5 Å². The summed E-state index contributed by atoms with van der Waals surface area (Å²) in [7, 11) is 0. The van der Waals surface area contributed by atoms with Crippen molar-refractivity contribution < 1.29 is 9.21 Å². The van der Waals surface area contributed by atoms with E-state index in [-0.39, 0.29) is 5.91 Å². The maximum atomic E-state index is 11.8. The van der Waals surface area contributed by atoms with Gasteiger partial charge in [0, 0.05) is 31.2 Å². The highest BCUT2D eigenvalue weighted by molar-refractivity contribution is 6.33. The molecule has 1 aliphatic rings. The van der Waals surface area contributed by atoms with E-state index in [0.29, 0.717) is 24.2 Å². The summed E-state index contributed by atoms with van der Waals surface area (Å²) in [5.74, 6) is 1.84. The number of hydrogen-bond acceptors (Lipinski definition) is 4. The van der Waals surface area contributed by atoms with Gasteiger partial charge in [-0.25, -0.2) is 0 Å². The minimum atomic E-state index is 0.131. The fourth-order valence-corrected chi connectivity index (χ4v) is 3.57. The topological polar surface area (TPSA) is 57.5 Å². The Morgan fingerprint density at radius 2 is 2.00 bits per heavy atom. The molecule has 146 valence electrons. The van der Waals surface area contributed by atoms with E-state index in [1.54, 1.807) is 0 Å². The molecule has 2 heterocycles. The normalized spacial score (nSPS) is 15.8. The van der Waals surface area contributed by atoms with Gasteiger partial charge in [-0.05, 0) is 43.5 Å². The first-order chi connectivity index (χ1) is 13.2. The Morgan fingerprint density at radius 3 is 2.74 bits per heavy atom. The summed E-state index contributed by atoms with van der Waals surface area (Å²) in [4.78, 5) is 14.0. The summed E-state index contributed by atoms with van der Waals surface area (Å²) in [6.07, 6.45) is 3.06. The van der Waals surface area contributed by atoms with Crippen LogP contribution in [0.2, 0.25) is 5.02 Å². The molecule has 2 aromatic rings. The van der Waals surface area contributed by atoms with Crippen LogP contribution in [-0.4, -0.2) is 43.0 Å². The van der Waals surface area contributed by atoms with Crippen molar-refractivity contribution >= 4 is 17.5 Å². The van der Waals surface area contributed by atoms with Crippen molar-refractivity contribution in [1.29, 1.82) is 0 Å². The number of furan rings is 1. The number of halogens is 1. The van der Waals surface area contributed by atoms with E-state index in [0.717, 1.165) is 56.0 Å². The molecule has 6 heteroatoms. The van der Waals surface area contributed by atoms with Gasteiger partial charge in [-0.15, -0.1) is 0 Å². The summed E-state index contributed by atoms with van der Waals surface area (Å²) in [6.45, 7) is 5.92. The van der Waals surface area contributed by atoms with Crippen LogP contribution in [0.1, 0.15) is 31.9 Å². The number of likely N-dealkylation sites (tertiary alicyclic amines) is 1. The van der Waals surface area contributed by atoms with Gasteiger partial charge in [0.1, 0.15) is 11.5 Å². The summed E-state index contributed by atoms with van der Waals surface area (Å²) >= 11 is 6.24. The van der Waals surface area contributed by atoms with Crippen molar-refractivity contribution in [2.24, 2.45) is 0 Å². The number of amides is 1. The van der Waals surface area contributed by atoms with E-state index in [1.807, 2.05) is 36.4 Å². The lowest BCUT2D eigenvalue weighted by Crippen LogP contribution is -2.46. The van der Waals surface area contributed by atoms with Crippen LogP contribution in [-0.2, 0) is 11.3 Å². The molecular formula is C21H28ClN3O2. The van der Waals surface area contributed by atoms with E-state index in [1.165, 1.54) is 0 Å². The Bertz CT molecular complexity index is 739. The highest BCUT2D eigenvalue weighted by Crippen LogP contribution is 2.29. The Balaban J connectivity index is 1.42. The molecule has 1 amide bonds. The van der Waals surface area contributed by atoms with Gasteiger partial charge in [0.25, 0.3) is 0 Å². The predicted molar refractivity (Wildman–Crippen MR) is 109 cm³/mol. The molecule has 1 aromatic heterocycles. The SMILES string of the molecule is CCCNC(=O)CN1CCC(NCc2ccc(-c3ccccc3Cl)o2)CC1. The van der Waals surface area contributed by atoms with Crippen molar-refractivity contribution in [3.05, 3.63) is 47.2 Å². The Hall–Kier alpha value is -1.82. The van der Waals surface area contributed by atoms with Gasteiger partial charge in [0.05, 0.1) is 18.1 Å². The summed E-state index contributed by atoms with van der Waals surface area (Å²) in [5.41, 5.74) is 0.917. The minimum absolute atomic E-state index is 0.131. The van der Waals surface area contributed by atoms with Crippen LogP contribution < -0.4 is 10.6 Å². The highest BCUT2D eigenvalue weighted by atomic mass is 35.5. The van der Waals surface area contributed by atoms with E-state index in [4.69, 9.17) is 16.0 Å². The summed E-state index contributed by atoms with van der Waals surface area (Å²) in [6, 6.07) is 12.1. The number of benzene rings is 1. The number of rotatable bonds is 8. The third-order valence-electron chi connectivity index (χ3n) is 4.89. The van der Waals surface area contributed by atoms with Gasteiger partial charge in [0.2, 0.25) is 5.91 Å². The lowest BCUT2D eigenvalue weighted by Gasteiger charge is -2.31. The average Bonchev–Trinajstić information content (AvgIpc) is 3.15. The predicted octanol–water partition coefficient (Wildman–Crippen LogP) is 3.68. The van der Waals surface area contributed by atoms with E-state index >= 15 is 0 Å². The van der Waals surface area contributed by atoms with Gasteiger partial charge in [-0.3, -0.25) is 9.69 Å². The standard InChI is InChI=1S/C21H28ClN3O2/c1-2-11-23-21(26)15-25-12-9-16(10-13-25)24-14-17-7-8-20(27-17)18-5-3-4-6-19(18)22/h3-8,16,24H,2,9-15H2,1H3,(H,23,26). The zero-order valence-electron chi connectivity index (χ0n) is 15.8. The summed E-state index contributed by atoms with van der Waals surface area (Å²) in [5, 5.41) is 7.21. The Kier molecular flexibility index (Phi) is 7.33. The zero-order valence-corrected chi connectivity index (χ0v) is 16.6. The molecule has 1 aliphatic heterocycles. The van der Waals surface area contributed by atoms with Crippen molar-refractivity contribution in [1.82, 2.24) is 15.5 Å². The molecule has 1 aromatic carbocycles. The zero-order chi connectivity index (χ0) is 19.1. The average molecular weight is 390 g/mol. The van der Waals surface area contributed by atoms with Crippen LogP contribution in [0.4, 0.5) is 0 Å². The van der Waals surface area contributed by atoms with Crippen LogP contribution in [0.15, 0.2) is 40.8 Å². The monoisotopic (exact) mass is 389 g/mol. The largest absolute Gasteiger partial charge is 0.460 e. The van der Waals surface area contributed by atoms with Crippen LogP contribution in [0.3, 0.4) is 0 Å². The van der Waals surface area contributed by atoms with Gasteiger partial charge in [-0.2, -0.15) is 0 Å². The number of carbonyl (C=O) groups excluding carboxylic acids is 1. The lowest BCUT2D eigenvalue weighted by molar-refractivity contribution is -0.122. The number of piperidine rings is 1. The summed E-state index contributed by atoms with van der Waals surface area (Å²) < 4.78 is 5.94. The number of hydrogen-bond donors (Lipinski definition) is 2. The van der Waals surface area contributed by atoms with Gasteiger partial charge >= 0.3 is 0 Å². The molecule has 0 radical (unpaired) electrons. The maximum Gasteiger partial charge on any atom is 0.234 e. The van der Waals surface area contributed by atoms with Crippen molar-refractivity contribution in [3.8, 4) is 11.3 Å². The molecule has 0 atom stereocenters. The first-order valence-corrected chi connectivity index (χ1v) is 10.1. The fourth-order valence-electron chi connectivity index (χ4n) is 3.34. The number of nitrogens with zero attached hydrogens (tertiary/aromatic N) is 1. The molecule has 0 spiro atoms. The smallest absolute Gasteiger partial charge is 0.234 e. The van der Waals surface area contributed by atoms with Gasteiger partial charge < -0.3 is 15.1 Å². The molecule has 27 heavy (non-hydrogen) atoms. The van der Waals surface area contributed by atoms with Crippen LogP contribution in [0.25, 0.3) is 11.3 Å². The fraction of sp³-hybridized carbons (Fsp3) is 0.476. The molecular weight excluding hydrogens is 362 g/mol. The van der Waals surface area contributed by atoms with Gasteiger partial charge in [-0.1, -0.05) is 30.7 Å². The van der Waals surface area contributed by atoms with Crippen LogP contribution >= 0.6 is 11.6 Å². The molecule has 1 saturated heterocycles. The molecule has 2 N–H and O–H groups in total. The highest BCUT2D eigenvalue weighted by Gasteiger charge is 2.20. The molecule has 0 aliphatic carbocycles. The molecule has 5 nitrogen and oxygen atoms in total. The lowest BCUT2D eigenvalue weighted by atomic mass is 10.0. The van der Waals surface area contributed by atoms with Gasteiger partial charge in [0.15, 0.2) is 0 Å². The van der Waals surface area contributed by atoms with Crippen molar-refractivity contribution in [3.63, 3.8) is 0 Å². The Labute approximate surface area is 166 Å². The Morgan fingerprint density at radius 1 is 1.22 bits per heavy atom. The van der Waals surface area contributed by atoms with E-state index < -0.39 is 0 Å². The second-order valence-corrected chi connectivity index (χ2v) is 7.43. The second kappa shape index (κ2) is 9.93. The third kappa shape index (κ3) is 5.83. The molecule has 0 saturated carbocycles. The first kappa shape index (κ1) is 19.9. The second-order valence-electron chi connectivity index (χ2n) is 7.03. The first-order valence-electron chi connectivity index (χ1n) is 9.71.